The van der Waals surface area contributed by atoms with Gasteiger partial charge in [0.2, 0.25) is 16.0 Å². The van der Waals surface area contributed by atoms with Gasteiger partial charge >= 0.3 is 6.09 Å². The lowest BCUT2D eigenvalue weighted by Crippen LogP contribution is -2.36. The van der Waals surface area contributed by atoms with E-state index in [1.807, 2.05) is 13.0 Å². The van der Waals surface area contributed by atoms with Crippen molar-refractivity contribution in [3.05, 3.63) is 40.8 Å². The zero-order valence-corrected chi connectivity index (χ0v) is 21.0. The molecule has 0 unspecified atom stereocenters. The van der Waals surface area contributed by atoms with Crippen LogP contribution in [0, 0.1) is 6.92 Å². The van der Waals surface area contributed by atoms with Crippen molar-refractivity contribution in [2.24, 2.45) is 0 Å². The van der Waals surface area contributed by atoms with Gasteiger partial charge in [0.25, 0.3) is 0 Å². The number of rotatable bonds is 9. The van der Waals surface area contributed by atoms with Crippen molar-refractivity contribution in [1.82, 2.24) is 25.3 Å². The summed E-state index contributed by atoms with van der Waals surface area (Å²) in [5.41, 5.74) is 3.40. The summed E-state index contributed by atoms with van der Waals surface area (Å²) in [6.45, 7) is 3.87. The number of imidazole rings is 1. The molecule has 0 bridgehead atoms. The van der Waals surface area contributed by atoms with Crippen molar-refractivity contribution in [3.8, 4) is 22.6 Å². The molecule has 13 heteroatoms. The molecule has 35 heavy (non-hydrogen) atoms. The van der Waals surface area contributed by atoms with E-state index in [9.17, 15) is 13.2 Å². The lowest BCUT2D eigenvalue weighted by molar-refractivity contribution is 0.191. The van der Waals surface area contributed by atoms with E-state index in [2.05, 4.69) is 30.3 Å². The molecule has 1 aliphatic carbocycles. The monoisotopic (exact) mass is 519 g/mol. The van der Waals surface area contributed by atoms with E-state index < -0.39 is 16.1 Å². The Balaban J connectivity index is 1.73. The zero-order chi connectivity index (χ0) is 25.3. The van der Waals surface area contributed by atoms with Gasteiger partial charge in [-0.15, -0.1) is 0 Å². The van der Waals surface area contributed by atoms with Crippen LogP contribution in [-0.4, -0.2) is 58.4 Å². The Labute approximate surface area is 207 Å². The van der Waals surface area contributed by atoms with Crippen LogP contribution in [0.5, 0.6) is 0 Å². The average molecular weight is 520 g/mol. The Morgan fingerprint density at radius 2 is 2.06 bits per heavy atom. The highest BCUT2D eigenvalue weighted by molar-refractivity contribution is 7.92. The molecular formula is C22H26ClN7O4S. The van der Waals surface area contributed by atoms with Gasteiger partial charge in [-0.2, -0.15) is 0 Å². The summed E-state index contributed by atoms with van der Waals surface area (Å²) in [6.07, 6.45) is 3.61. The molecule has 186 valence electrons. The molecule has 1 aliphatic rings. The van der Waals surface area contributed by atoms with E-state index in [0.29, 0.717) is 41.1 Å². The second kappa shape index (κ2) is 9.70. The molecular weight excluding hydrogens is 494 g/mol. The van der Waals surface area contributed by atoms with Gasteiger partial charge in [0, 0.05) is 30.3 Å². The molecule has 3 aromatic rings. The Bertz CT molecular complexity index is 1370. The number of hydrogen-bond donors (Lipinski definition) is 5. The standard InChI is InChI=1S/C22H26ClN7O4S/c1-11-8-14(17(23)16(9-11)30-35(3,33)34)18-19(29-20(28-18)13-4-5-13)15-6-7-24-21(27-15)25-10-12(2)26-22(31)32/h6-9,12-13,26,30H,4-5,10H2,1-3H3,(H,28,29)(H,31,32)(H,24,25,27)/t12-/m0/s1. The number of carboxylic acid groups (broad SMARTS) is 1. The Morgan fingerprint density at radius 1 is 1.31 bits per heavy atom. The number of nitrogens with zero attached hydrogens (tertiary/aromatic N) is 3. The predicted molar refractivity (Wildman–Crippen MR) is 134 cm³/mol. The van der Waals surface area contributed by atoms with E-state index in [4.69, 9.17) is 21.7 Å². The minimum Gasteiger partial charge on any atom is -0.465 e. The van der Waals surface area contributed by atoms with Gasteiger partial charge < -0.3 is 20.7 Å². The molecule has 0 radical (unpaired) electrons. The van der Waals surface area contributed by atoms with E-state index in [-0.39, 0.29) is 16.8 Å². The minimum atomic E-state index is -3.54. The number of aromatic amines is 1. The second-order valence-electron chi connectivity index (χ2n) is 8.67. The van der Waals surface area contributed by atoms with Gasteiger partial charge in [0.05, 0.1) is 34.0 Å². The van der Waals surface area contributed by atoms with Crippen molar-refractivity contribution < 1.29 is 18.3 Å². The topological polar surface area (TPSA) is 162 Å². The highest BCUT2D eigenvalue weighted by Crippen LogP contribution is 2.44. The summed E-state index contributed by atoms with van der Waals surface area (Å²) >= 11 is 6.66. The smallest absolute Gasteiger partial charge is 0.404 e. The van der Waals surface area contributed by atoms with E-state index in [1.54, 1.807) is 25.3 Å². The van der Waals surface area contributed by atoms with Crippen LogP contribution in [-0.2, 0) is 10.0 Å². The fourth-order valence-electron chi connectivity index (χ4n) is 3.63. The largest absolute Gasteiger partial charge is 0.465 e. The van der Waals surface area contributed by atoms with Crippen LogP contribution in [0.2, 0.25) is 5.02 Å². The number of halogens is 1. The molecule has 0 spiro atoms. The van der Waals surface area contributed by atoms with E-state index in [1.165, 1.54) is 0 Å². The molecule has 5 N–H and O–H groups in total. The molecule has 4 rings (SSSR count). The molecule has 0 aliphatic heterocycles. The number of amides is 1. The number of sulfonamides is 1. The summed E-state index contributed by atoms with van der Waals surface area (Å²) in [4.78, 5) is 27.8. The number of carbonyl (C=O) groups is 1. The summed E-state index contributed by atoms with van der Waals surface area (Å²) in [5, 5.41) is 14.5. The Kier molecular flexibility index (Phi) is 6.86. The summed E-state index contributed by atoms with van der Waals surface area (Å²) in [6, 6.07) is 4.90. The third kappa shape index (κ3) is 6.20. The fraction of sp³-hybridized carbons (Fsp3) is 0.364. The summed E-state index contributed by atoms with van der Waals surface area (Å²) in [7, 11) is -3.54. The molecule has 2 aromatic heterocycles. The molecule has 1 fully saturated rings. The van der Waals surface area contributed by atoms with Gasteiger partial charge in [-0.25, -0.2) is 28.2 Å². The van der Waals surface area contributed by atoms with E-state index >= 15 is 0 Å². The zero-order valence-electron chi connectivity index (χ0n) is 19.4. The fourth-order valence-corrected chi connectivity index (χ4v) is 4.49. The predicted octanol–water partition coefficient (Wildman–Crippen LogP) is 3.81. The van der Waals surface area contributed by atoms with Gasteiger partial charge in [0.1, 0.15) is 5.82 Å². The highest BCUT2D eigenvalue weighted by Gasteiger charge is 2.30. The van der Waals surface area contributed by atoms with Crippen molar-refractivity contribution in [2.75, 3.05) is 22.8 Å². The van der Waals surface area contributed by atoms with Crippen molar-refractivity contribution in [1.29, 1.82) is 0 Å². The van der Waals surface area contributed by atoms with Crippen molar-refractivity contribution >= 4 is 39.4 Å². The molecule has 11 nitrogen and oxygen atoms in total. The third-order valence-corrected chi connectivity index (χ3v) is 6.30. The maximum absolute atomic E-state index is 11.9. The summed E-state index contributed by atoms with van der Waals surface area (Å²) < 4.78 is 26.2. The van der Waals surface area contributed by atoms with Crippen LogP contribution in [0.15, 0.2) is 24.4 Å². The van der Waals surface area contributed by atoms with Crippen molar-refractivity contribution in [3.63, 3.8) is 0 Å². The van der Waals surface area contributed by atoms with Crippen molar-refractivity contribution in [2.45, 2.75) is 38.6 Å². The number of hydrogen-bond acceptors (Lipinski definition) is 7. The van der Waals surface area contributed by atoms with Crippen LogP contribution in [0.4, 0.5) is 16.4 Å². The lowest BCUT2D eigenvalue weighted by atomic mass is 10.0. The number of nitrogens with one attached hydrogen (secondary N) is 4. The van der Waals surface area contributed by atoms with E-state index in [0.717, 1.165) is 30.5 Å². The van der Waals surface area contributed by atoms with Crippen LogP contribution in [0.1, 0.15) is 37.1 Å². The molecule has 2 heterocycles. The molecule has 1 aromatic carbocycles. The normalized spacial score (nSPS) is 14.4. The number of benzene rings is 1. The first-order chi connectivity index (χ1) is 16.5. The molecule has 1 amide bonds. The number of anilines is 2. The summed E-state index contributed by atoms with van der Waals surface area (Å²) in [5.74, 6) is 1.46. The second-order valence-corrected chi connectivity index (χ2v) is 10.8. The molecule has 1 atom stereocenters. The SMILES string of the molecule is Cc1cc(NS(C)(=O)=O)c(Cl)c(-c2nc(C3CC3)[nH]c2-c2ccnc(NC[C@H](C)NC(=O)O)n2)c1. The number of aromatic nitrogens is 4. The highest BCUT2D eigenvalue weighted by atomic mass is 35.5. The van der Waals surface area contributed by atoms with Crippen LogP contribution < -0.4 is 15.4 Å². The first-order valence-corrected chi connectivity index (χ1v) is 13.2. The first-order valence-electron chi connectivity index (χ1n) is 10.9. The number of H-pyrrole nitrogens is 1. The third-order valence-electron chi connectivity index (χ3n) is 5.30. The Morgan fingerprint density at radius 3 is 2.71 bits per heavy atom. The van der Waals surface area contributed by atoms with Gasteiger partial charge in [-0.3, -0.25) is 4.72 Å². The maximum Gasteiger partial charge on any atom is 0.404 e. The Hall–Kier alpha value is -3.38. The van der Waals surface area contributed by atoms with Crippen LogP contribution >= 0.6 is 11.6 Å². The quantitative estimate of drug-likeness (QED) is 0.285. The van der Waals surface area contributed by atoms with Gasteiger partial charge in [-0.05, 0) is 50.5 Å². The van der Waals surface area contributed by atoms with Gasteiger partial charge in [0.15, 0.2) is 0 Å². The minimum absolute atomic E-state index is 0.233. The molecule has 0 saturated heterocycles. The van der Waals surface area contributed by atoms with Crippen LogP contribution in [0.3, 0.4) is 0 Å². The van der Waals surface area contributed by atoms with Gasteiger partial charge in [-0.1, -0.05) is 11.6 Å². The van der Waals surface area contributed by atoms with Crippen LogP contribution in [0.25, 0.3) is 22.6 Å². The first kappa shape index (κ1) is 24.7. The maximum atomic E-state index is 11.9. The molecule has 1 saturated carbocycles. The number of aryl methyl sites for hydroxylation is 1. The lowest BCUT2D eigenvalue weighted by Gasteiger charge is -2.13. The average Bonchev–Trinajstić information content (AvgIpc) is 3.52.